The smallest absolute Gasteiger partial charge is 0.253 e. The Kier molecular flexibility index (Phi) is 3.90. The lowest BCUT2D eigenvalue weighted by molar-refractivity contribution is 0.0241. The van der Waals surface area contributed by atoms with Crippen molar-refractivity contribution >= 4 is 17.2 Å². The Hall–Kier alpha value is -1.92. The third kappa shape index (κ3) is 3.06. The molecular formula is C15H16N2O3S. The number of hydrogen-bond acceptors (Lipinski definition) is 4. The molecule has 0 unspecified atom stereocenters. The lowest BCUT2D eigenvalue weighted by Crippen LogP contribution is -2.41. The van der Waals surface area contributed by atoms with Crippen LogP contribution in [0.15, 0.2) is 40.6 Å². The van der Waals surface area contributed by atoms with Crippen molar-refractivity contribution in [3.63, 3.8) is 0 Å². The number of aromatic amines is 1. The molecule has 3 N–H and O–H groups in total. The van der Waals surface area contributed by atoms with Gasteiger partial charge in [-0.25, -0.2) is 0 Å². The van der Waals surface area contributed by atoms with Crippen molar-refractivity contribution in [2.75, 3.05) is 0 Å². The van der Waals surface area contributed by atoms with Gasteiger partial charge in [-0.1, -0.05) is 6.07 Å². The number of H-pyrrole nitrogens is 1. The van der Waals surface area contributed by atoms with Crippen LogP contribution < -0.4 is 10.9 Å². The average Bonchev–Trinajstić information content (AvgIpc) is 2.96. The van der Waals surface area contributed by atoms with E-state index in [2.05, 4.69) is 10.3 Å². The third-order valence-corrected chi connectivity index (χ3v) is 4.76. The molecule has 0 spiro atoms. The van der Waals surface area contributed by atoms with Gasteiger partial charge >= 0.3 is 0 Å². The summed E-state index contributed by atoms with van der Waals surface area (Å²) in [6.07, 6.45) is 2.56. The highest BCUT2D eigenvalue weighted by molar-refractivity contribution is 7.10. The predicted octanol–water partition coefficient (Wildman–Crippen LogP) is 1.68. The van der Waals surface area contributed by atoms with Gasteiger partial charge in [0.05, 0.1) is 17.7 Å². The predicted molar refractivity (Wildman–Crippen MR) is 80.3 cm³/mol. The maximum Gasteiger partial charge on any atom is 0.253 e. The van der Waals surface area contributed by atoms with Crippen LogP contribution in [-0.2, 0) is 0 Å². The summed E-state index contributed by atoms with van der Waals surface area (Å²) in [5, 5.41) is 14.5. The number of nitrogens with one attached hydrogen (secondary N) is 2. The zero-order valence-corrected chi connectivity index (χ0v) is 12.1. The molecule has 2 heterocycles. The number of pyridine rings is 1. The van der Waals surface area contributed by atoms with Gasteiger partial charge < -0.3 is 15.4 Å². The number of rotatable bonds is 4. The molecule has 1 atom stereocenters. The fourth-order valence-corrected chi connectivity index (χ4v) is 3.44. The van der Waals surface area contributed by atoms with Crippen LogP contribution in [-0.4, -0.2) is 22.1 Å². The van der Waals surface area contributed by atoms with Crippen LogP contribution >= 0.6 is 11.3 Å². The number of hydrogen-bond donors (Lipinski definition) is 3. The number of amides is 1. The molecule has 3 rings (SSSR count). The number of carbonyl (C=O) groups excluding carboxylic acids is 1. The van der Waals surface area contributed by atoms with E-state index in [4.69, 9.17) is 0 Å². The van der Waals surface area contributed by atoms with Gasteiger partial charge in [-0.15, -0.1) is 11.3 Å². The normalized spacial score (nSPS) is 22.3. The zero-order chi connectivity index (χ0) is 14.8. The van der Waals surface area contributed by atoms with E-state index in [1.165, 1.54) is 18.3 Å². The molecule has 110 valence electrons. The quantitative estimate of drug-likeness (QED) is 0.803. The molecule has 1 saturated carbocycles. The van der Waals surface area contributed by atoms with Crippen LogP contribution in [0.25, 0.3) is 0 Å². The van der Waals surface area contributed by atoms with E-state index in [-0.39, 0.29) is 29.5 Å². The minimum absolute atomic E-state index is 0.0900. The number of aliphatic hydroxyl groups excluding tert-OH is 1. The van der Waals surface area contributed by atoms with Crippen LogP contribution in [0.2, 0.25) is 0 Å². The minimum Gasteiger partial charge on any atom is -0.393 e. The average molecular weight is 304 g/mol. The topological polar surface area (TPSA) is 82.2 Å². The molecule has 1 fully saturated rings. The van der Waals surface area contributed by atoms with Gasteiger partial charge in [0.1, 0.15) is 0 Å². The maximum atomic E-state index is 12.3. The molecule has 0 saturated heterocycles. The van der Waals surface area contributed by atoms with Crippen molar-refractivity contribution in [3.05, 3.63) is 56.6 Å². The van der Waals surface area contributed by atoms with Crippen molar-refractivity contribution in [1.82, 2.24) is 10.3 Å². The number of carbonyl (C=O) groups is 1. The summed E-state index contributed by atoms with van der Waals surface area (Å²) in [5.41, 5.74) is 0.194. The molecule has 1 amide bonds. The summed E-state index contributed by atoms with van der Waals surface area (Å²) < 4.78 is 0. The lowest BCUT2D eigenvalue weighted by Gasteiger charge is -2.37. The second kappa shape index (κ2) is 5.83. The molecule has 6 heteroatoms. The highest BCUT2D eigenvalue weighted by Crippen LogP contribution is 2.39. The number of thiophene rings is 1. The first-order valence-electron chi connectivity index (χ1n) is 6.84. The highest BCUT2D eigenvalue weighted by Gasteiger charge is 2.36. The van der Waals surface area contributed by atoms with E-state index in [1.54, 1.807) is 11.3 Å². The summed E-state index contributed by atoms with van der Waals surface area (Å²) in [6.45, 7) is 0. The fraction of sp³-hybridized carbons (Fsp3) is 0.333. The van der Waals surface area contributed by atoms with Crippen molar-refractivity contribution in [1.29, 1.82) is 0 Å². The molecule has 0 aliphatic heterocycles. The zero-order valence-electron chi connectivity index (χ0n) is 11.3. The Morgan fingerprint density at radius 3 is 2.76 bits per heavy atom. The van der Waals surface area contributed by atoms with Gasteiger partial charge in [-0.2, -0.15) is 0 Å². The molecule has 0 bridgehead atoms. The Labute approximate surface area is 125 Å². The van der Waals surface area contributed by atoms with Crippen LogP contribution in [0.1, 0.15) is 34.1 Å². The van der Waals surface area contributed by atoms with Gasteiger partial charge in [-0.05, 0) is 36.3 Å². The first-order valence-corrected chi connectivity index (χ1v) is 7.72. The summed E-state index contributed by atoms with van der Waals surface area (Å²) in [6, 6.07) is 6.70. The molecule has 5 nitrogen and oxygen atoms in total. The number of aliphatic hydroxyl groups is 1. The van der Waals surface area contributed by atoms with Crippen LogP contribution in [0.3, 0.4) is 0 Å². The fourth-order valence-electron chi connectivity index (χ4n) is 2.57. The standard InChI is InChI=1S/C15H16N2O3S/c18-11-6-10(7-11)14(12-2-1-5-21-12)17-15(20)9-3-4-13(19)16-8-9/h1-5,8,10-11,14,18H,6-7H2,(H,16,19)(H,17,20)/t10?,11?,14-/m1/s1. The summed E-state index contributed by atoms with van der Waals surface area (Å²) >= 11 is 1.60. The second-order valence-corrected chi connectivity index (χ2v) is 6.27. The Bertz CT molecular complexity index is 654. The Morgan fingerprint density at radius 1 is 1.38 bits per heavy atom. The van der Waals surface area contributed by atoms with Crippen molar-refractivity contribution in [2.24, 2.45) is 5.92 Å². The van der Waals surface area contributed by atoms with Crippen LogP contribution in [0.5, 0.6) is 0 Å². The Morgan fingerprint density at radius 2 is 2.19 bits per heavy atom. The van der Waals surface area contributed by atoms with E-state index < -0.39 is 0 Å². The van der Waals surface area contributed by atoms with Crippen LogP contribution in [0.4, 0.5) is 0 Å². The van der Waals surface area contributed by atoms with Gasteiger partial charge in [0.2, 0.25) is 5.56 Å². The molecule has 1 aliphatic rings. The minimum atomic E-state index is -0.262. The molecule has 21 heavy (non-hydrogen) atoms. The summed E-state index contributed by atoms with van der Waals surface area (Å²) in [4.78, 5) is 26.9. The van der Waals surface area contributed by atoms with E-state index in [0.717, 1.165) is 4.88 Å². The maximum absolute atomic E-state index is 12.3. The monoisotopic (exact) mass is 304 g/mol. The molecular weight excluding hydrogens is 288 g/mol. The largest absolute Gasteiger partial charge is 0.393 e. The molecule has 0 radical (unpaired) electrons. The van der Waals surface area contributed by atoms with Gasteiger partial charge in [0.15, 0.2) is 0 Å². The van der Waals surface area contributed by atoms with Crippen molar-refractivity contribution in [2.45, 2.75) is 25.0 Å². The summed E-state index contributed by atoms with van der Waals surface area (Å²) in [7, 11) is 0. The van der Waals surface area contributed by atoms with Crippen LogP contribution in [0, 0.1) is 5.92 Å². The Balaban J connectivity index is 1.76. The number of aromatic nitrogens is 1. The lowest BCUT2D eigenvalue weighted by atomic mass is 9.76. The molecule has 2 aromatic heterocycles. The van der Waals surface area contributed by atoms with E-state index in [0.29, 0.717) is 18.4 Å². The first-order chi connectivity index (χ1) is 10.1. The van der Waals surface area contributed by atoms with E-state index in [1.807, 2.05) is 17.5 Å². The van der Waals surface area contributed by atoms with Crippen molar-refractivity contribution in [3.8, 4) is 0 Å². The van der Waals surface area contributed by atoms with E-state index >= 15 is 0 Å². The summed E-state index contributed by atoms with van der Waals surface area (Å²) in [5.74, 6) is 0.0383. The van der Waals surface area contributed by atoms with Gasteiger partial charge in [0, 0.05) is 17.1 Å². The van der Waals surface area contributed by atoms with E-state index in [9.17, 15) is 14.7 Å². The third-order valence-electron chi connectivity index (χ3n) is 3.80. The molecule has 2 aromatic rings. The molecule has 1 aliphatic carbocycles. The first kappa shape index (κ1) is 14.0. The SMILES string of the molecule is O=C(N[C@@H](c1cccs1)C1CC(O)C1)c1ccc(=O)[nH]c1. The highest BCUT2D eigenvalue weighted by atomic mass is 32.1. The second-order valence-electron chi connectivity index (χ2n) is 5.29. The van der Waals surface area contributed by atoms with Gasteiger partial charge in [0.25, 0.3) is 5.91 Å². The van der Waals surface area contributed by atoms with Crippen molar-refractivity contribution < 1.29 is 9.90 Å². The molecule has 0 aromatic carbocycles. The van der Waals surface area contributed by atoms with Gasteiger partial charge in [-0.3, -0.25) is 9.59 Å².